The molecule has 0 spiro atoms. The van der Waals surface area contributed by atoms with E-state index < -0.39 is 0 Å². The molecule has 0 bridgehead atoms. The summed E-state index contributed by atoms with van der Waals surface area (Å²) in [4.78, 5) is 15.1. The van der Waals surface area contributed by atoms with Crippen LogP contribution in [-0.4, -0.2) is 16.9 Å². The third-order valence-electron chi connectivity index (χ3n) is 3.58. The highest BCUT2D eigenvalue weighted by Crippen LogP contribution is 2.21. The Bertz CT molecular complexity index is 584. The molecular formula is C14H15FN2O. The Morgan fingerprint density at radius 1 is 1.33 bits per heavy atom. The highest BCUT2D eigenvalue weighted by Gasteiger charge is 2.19. The fourth-order valence-corrected chi connectivity index (χ4v) is 2.62. The van der Waals surface area contributed by atoms with E-state index in [1.54, 1.807) is 12.3 Å². The lowest BCUT2D eigenvalue weighted by molar-refractivity contribution is 0.0939. The van der Waals surface area contributed by atoms with Gasteiger partial charge in [-0.3, -0.25) is 4.79 Å². The van der Waals surface area contributed by atoms with E-state index in [0.717, 1.165) is 18.2 Å². The van der Waals surface area contributed by atoms with Crippen molar-refractivity contribution in [2.45, 2.75) is 31.7 Å². The summed E-state index contributed by atoms with van der Waals surface area (Å²) >= 11 is 0. The first-order valence-electron chi connectivity index (χ1n) is 6.31. The van der Waals surface area contributed by atoms with Crippen molar-refractivity contribution >= 4 is 16.8 Å². The standard InChI is InChI=1S/C14H15FN2O/c15-9-5-6-11-12(8-16-13(11)7-9)14(18)17-10-3-1-2-4-10/h5-8,10,16H,1-4H2,(H,17,18). The summed E-state index contributed by atoms with van der Waals surface area (Å²) in [7, 11) is 0. The van der Waals surface area contributed by atoms with Crippen molar-refractivity contribution < 1.29 is 9.18 Å². The van der Waals surface area contributed by atoms with Crippen molar-refractivity contribution in [1.82, 2.24) is 10.3 Å². The van der Waals surface area contributed by atoms with Crippen molar-refractivity contribution in [2.75, 3.05) is 0 Å². The van der Waals surface area contributed by atoms with Gasteiger partial charge in [0.15, 0.2) is 0 Å². The highest BCUT2D eigenvalue weighted by atomic mass is 19.1. The summed E-state index contributed by atoms with van der Waals surface area (Å²) in [6, 6.07) is 4.72. The first-order valence-corrected chi connectivity index (χ1v) is 6.31. The maximum Gasteiger partial charge on any atom is 0.253 e. The molecule has 1 aliphatic carbocycles. The summed E-state index contributed by atoms with van der Waals surface area (Å²) in [6.07, 6.45) is 6.13. The smallest absolute Gasteiger partial charge is 0.253 e. The SMILES string of the molecule is O=C(NC1CCCC1)c1c[nH]c2cc(F)ccc12. The van der Waals surface area contributed by atoms with Gasteiger partial charge >= 0.3 is 0 Å². The number of benzene rings is 1. The van der Waals surface area contributed by atoms with Crippen LogP contribution in [0.5, 0.6) is 0 Å². The first kappa shape index (κ1) is 11.3. The molecule has 18 heavy (non-hydrogen) atoms. The van der Waals surface area contributed by atoms with Gasteiger partial charge in [0.1, 0.15) is 5.82 Å². The minimum atomic E-state index is -0.299. The fourth-order valence-electron chi connectivity index (χ4n) is 2.62. The molecule has 1 aromatic carbocycles. The van der Waals surface area contributed by atoms with Crippen LogP contribution in [0.25, 0.3) is 10.9 Å². The number of halogens is 1. The monoisotopic (exact) mass is 246 g/mol. The number of hydrogen-bond donors (Lipinski definition) is 2. The molecule has 0 radical (unpaired) electrons. The summed E-state index contributed by atoms with van der Waals surface area (Å²) in [6.45, 7) is 0. The van der Waals surface area contributed by atoms with E-state index in [1.165, 1.54) is 25.0 Å². The van der Waals surface area contributed by atoms with Gasteiger partial charge in [-0.05, 0) is 31.0 Å². The van der Waals surface area contributed by atoms with Crippen LogP contribution in [0.3, 0.4) is 0 Å². The van der Waals surface area contributed by atoms with Crippen molar-refractivity contribution in [1.29, 1.82) is 0 Å². The van der Waals surface area contributed by atoms with Crippen LogP contribution < -0.4 is 5.32 Å². The number of carbonyl (C=O) groups is 1. The second-order valence-corrected chi connectivity index (χ2v) is 4.85. The van der Waals surface area contributed by atoms with Gasteiger partial charge < -0.3 is 10.3 Å². The number of H-pyrrole nitrogens is 1. The van der Waals surface area contributed by atoms with E-state index in [4.69, 9.17) is 0 Å². The van der Waals surface area contributed by atoms with Gasteiger partial charge in [-0.25, -0.2) is 4.39 Å². The van der Waals surface area contributed by atoms with E-state index in [9.17, 15) is 9.18 Å². The third-order valence-corrected chi connectivity index (χ3v) is 3.58. The Kier molecular flexibility index (Phi) is 2.78. The molecule has 1 aliphatic rings. The third kappa shape index (κ3) is 1.98. The van der Waals surface area contributed by atoms with Gasteiger partial charge in [0.05, 0.1) is 5.56 Å². The van der Waals surface area contributed by atoms with Crippen molar-refractivity contribution in [3.63, 3.8) is 0 Å². The fraction of sp³-hybridized carbons (Fsp3) is 0.357. The average Bonchev–Trinajstić information content (AvgIpc) is 2.97. The molecule has 0 unspecified atom stereocenters. The molecule has 1 aromatic heterocycles. The molecule has 0 atom stereocenters. The Balaban J connectivity index is 1.86. The average molecular weight is 246 g/mol. The minimum absolute atomic E-state index is 0.0697. The van der Waals surface area contributed by atoms with Gasteiger partial charge in [0, 0.05) is 23.1 Å². The van der Waals surface area contributed by atoms with E-state index in [-0.39, 0.29) is 11.7 Å². The predicted octanol–water partition coefficient (Wildman–Crippen LogP) is 2.98. The Morgan fingerprint density at radius 2 is 2.11 bits per heavy atom. The molecule has 1 fully saturated rings. The van der Waals surface area contributed by atoms with Crippen molar-refractivity contribution in [3.8, 4) is 0 Å². The summed E-state index contributed by atoms with van der Waals surface area (Å²) in [5.74, 6) is -0.369. The molecule has 3 nitrogen and oxygen atoms in total. The Morgan fingerprint density at radius 3 is 2.89 bits per heavy atom. The van der Waals surface area contributed by atoms with Gasteiger partial charge in [0.25, 0.3) is 5.91 Å². The van der Waals surface area contributed by atoms with Crippen molar-refractivity contribution in [3.05, 3.63) is 35.8 Å². The molecule has 1 heterocycles. The number of hydrogen-bond acceptors (Lipinski definition) is 1. The lowest BCUT2D eigenvalue weighted by atomic mass is 10.1. The normalized spacial score (nSPS) is 16.3. The zero-order chi connectivity index (χ0) is 12.5. The van der Waals surface area contributed by atoms with Crippen LogP contribution in [0.1, 0.15) is 36.0 Å². The van der Waals surface area contributed by atoms with Gasteiger partial charge in [-0.15, -0.1) is 0 Å². The van der Waals surface area contributed by atoms with Gasteiger partial charge in [-0.1, -0.05) is 12.8 Å². The quantitative estimate of drug-likeness (QED) is 0.840. The van der Waals surface area contributed by atoms with E-state index >= 15 is 0 Å². The number of aromatic nitrogens is 1. The number of nitrogens with one attached hydrogen (secondary N) is 2. The Hall–Kier alpha value is -1.84. The maximum atomic E-state index is 13.1. The lowest BCUT2D eigenvalue weighted by Gasteiger charge is -2.11. The van der Waals surface area contributed by atoms with Crippen LogP contribution >= 0.6 is 0 Å². The summed E-state index contributed by atoms with van der Waals surface area (Å²) in [5.41, 5.74) is 1.25. The molecule has 1 saturated carbocycles. The summed E-state index contributed by atoms with van der Waals surface area (Å²) in [5, 5.41) is 3.81. The lowest BCUT2D eigenvalue weighted by Crippen LogP contribution is -2.32. The number of rotatable bonds is 2. The molecule has 1 amide bonds. The number of aromatic amines is 1. The molecule has 2 aromatic rings. The van der Waals surface area contributed by atoms with Crippen LogP contribution in [0.4, 0.5) is 4.39 Å². The first-order chi connectivity index (χ1) is 8.74. The molecule has 0 aliphatic heterocycles. The largest absolute Gasteiger partial charge is 0.360 e. The zero-order valence-electron chi connectivity index (χ0n) is 10.0. The number of carbonyl (C=O) groups excluding carboxylic acids is 1. The van der Waals surface area contributed by atoms with Gasteiger partial charge in [0.2, 0.25) is 0 Å². The molecular weight excluding hydrogens is 231 g/mol. The van der Waals surface area contributed by atoms with Crippen LogP contribution in [-0.2, 0) is 0 Å². The maximum absolute atomic E-state index is 13.1. The minimum Gasteiger partial charge on any atom is -0.360 e. The second kappa shape index (κ2) is 4.44. The van der Waals surface area contributed by atoms with Gasteiger partial charge in [-0.2, -0.15) is 0 Å². The predicted molar refractivity (Wildman–Crippen MR) is 68.0 cm³/mol. The topological polar surface area (TPSA) is 44.9 Å². The second-order valence-electron chi connectivity index (χ2n) is 4.85. The molecule has 3 rings (SSSR count). The van der Waals surface area contributed by atoms with E-state index in [1.807, 2.05) is 0 Å². The van der Waals surface area contributed by atoms with Crippen LogP contribution in [0, 0.1) is 5.82 Å². The molecule has 4 heteroatoms. The summed E-state index contributed by atoms with van der Waals surface area (Å²) < 4.78 is 13.1. The zero-order valence-corrected chi connectivity index (χ0v) is 10.0. The molecule has 0 saturated heterocycles. The number of amides is 1. The van der Waals surface area contributed by atoms with Crippen LogP contribution in [0.15, 0.2) is 24.4 Å². The van der Waals surface area contributed by atoms with E-state index in [0.29, 0.717) is 17.1 Å². The van der Waals surface area contributed by atoms with Crippen LogP contribution in [0.2, 0.25) is 0 Å². The number of fused-ring (bicyclic) bond motifs is 1. The highest BCUT2D eigenvalue weighted by molar-refractivity contribution is 6.06. The molecule has 94 valence electrons. The Labute approximate surface area is 104 Å². The van der Waals surface area contributed by atoms with Crippen molar-refractivity contribution in [2.24, 2.45) is 0 Å². The molecule has 2 N–H and O–H groups in total. The van der Waals surface area contributed by atoms with E-state index in [2.05, 4.69) is 10.3 Å².